The Hall–Kier alpha value is -3.09. The fraction of sp³-hybridized carbons (Fsp3) is 0.278. The molecule has 0 bridgehead atoms. The molecule has 7 nitrogen and oxygen atoms in total. The van der Waals surface area contributed by atoms with Crippen LogP contribution in [0.15, 0.2) is 42.6 Å². The predicted molar refractivity (Wildman–Crippen MR) is 96.5 cm³/mol. The fourth-order valence-electron chi connectivity index (χ4n) is 2.18. The lowest BCUT2D eigenvalue weighted by Crippen LogP contribution is -2.26. The number of nitrogens with one attached hydrogen (secondary N) is 2. The number of aromatic nitrogens is 1. The molecule has 0 spiro atoms. The van der Waals surface area contributed by atoms with E-state index < -0.39 is 0 Å². The highest BCUT2D eigenvalue weighted by Crippen LogP contribution is 2.17. The van der Waals surface area contributed by atoms with Crippen LogP contribution in [-0.4, -0.2) is 29.9 Å². The number of para-hydroxylation sites is 1. The monoisotopic (exact) mass is 342 g/mol. The van der Waals surface area contributed by atoms with E-state index in [9.17, 15) is 9.59 Å². The van der Waals surface area contributed by atoms with Crippen molar-refractivity contribution in [3.8, 4) is 5.75 Å². The molecule has 0 radical (unpaired) electrons. The second-order valence-electron chi connectivity index (χ2n) is 5.31. The predicted octanol–water partition coefficient (Wildman–Crippen LogP) is 2.21. The largest absolute Gasteiger partial charge is 0.493 e. The van der Waals surface area contributed by atoms with Crippen LogP contribution < -0.4 is 21.1 Å². The molecule has 0 saturated heterocycles. The van der Waals surface area contributed by atoms with Crippen LogP contribution in [0, 0.1) is 0 Å². The van der Waals surface area contributed by atoms with Gasteiger partial charge in [-0.25, -0.2) is 4.98 Å². The molecule has 132 valence electrons. The van der Waals surface area contributed by atoms with Crippen molar-refractivity contribution in [2.45, 2.75) is 19.8 Å². The van der Waals surface area contributed by atoms with E-state index in [-0.39, 0.29) is 18.2 Å². The number of pyridine rings is 1. The molecule has 2 rings (SSSR count). The summed E-state index contributed by atoms with van der Waals surface area (Å²) >= 11 is 0. The number of amides is 2. The molecule has 0 aliphatic heterocycles. The van der Waals surface area contributed by atoms with Gasteiger partial charge in [-0.1, -0.05) is 12.1 Å². The molecule has 7 heteroatoms. The topological polar surface area (TPSA) is 106 Å². The average molecular weight is 342 g/mol. The number of nitrogens with zero attached hydrogens (tertiary/aromatic N) is 1. The lowest BCUT2D eigenvalue weighted by Gasteiger charge is -2.10. The number of ether oxygens (including phenoxy) is 1. The van der Waals surface area contributed by atoms with Gasteiger partial charge in [0.25, 0.3) is 5.91 Å². The Labute approximate surface area is 146 Å². The summed E-state index contributed by atoms with van der Waals surface area (Å²) in [6.45, 7) is 2.75. The van der Waals surface area contributed by atoms with Crippen LogP contribution in [0.25, 0.3) is 0 Å². The average Bonchev–Trinajstić information content (AvgIpc) is 2.61. The maximum absolute atomic E-state index is 12.2. The molecule has 0 aliphatic rings. The van der Waals surface area contributed by atoms with Crippen LogP contribution in [0.2, 0.25) is 0 Å². The molecule has 4 N–H and O–H groups in total. The number of hydrogen-bond acceptors (Lipinski definition) is 5. The Morgan fingerprint density at radius 2 is 2.00 bits per heavy atom. The summed E-state index contributed by atoms with van der Waals surface area (Å²) in [4.78, 5) is 27.9. The fourth-order valence-corrected chi connectivity index (χ4v) is 2.18. The molecule has 2 amide bonds. The molecular formula is C18H22N4O3. The van der Waals surface area contributed by atoms with E-state index in [1.54, 1.807) is 30.3 Å². The zero-order valence-corrected chi connectivity index (χ0v) is 14.1. The van der Waals surface area contributed by atoms with Gasteiger partial charge in [-0.15, -0.1) is 0 Å². The number of anilines is 2. The van der Waals surface area contributed by atoms with E-state index in [2.05, 4.69) is 15.6 Å². The summed E-state index contributed by atoms with van der Waals surface area (Å²) in [7, 11) is 0. The van der Waals surface area contributed by atoms with Gasteiger partial charge in [0.2, 0.25) is 5.91 Å². The molecule has 0 atom stereocenters. The van der Waals surface area contributed by atoms with Gasteiger partial charge in [-0.2, -0.15) is 0 Å². The van der Waals surface area contributed by atoms with Crippen LogP contribution >= 0.6 is 0 Å². The maximum Gasteiger partial charge on any atom is 0.255 e. The first kappa shape index (κ1) is 18.3. The quantitative estimate of drug-likeness (QED) is 0.638. The SMILES string of the molecule is CCOc1ccccc1C(=O)NCCCC(=O)Nc1ccc(N)nc1. The molecular weight excluding hydrogens is 320 g/mol. The minimum atomic E-state index is -0.216. The lowest BCUT2D eigenvalue weighted by atomic mass is 10.2. The summed E-state index contributed by atoms with van der Waals surface area (Å²) < 4.78 is 5.44. The first-order chi connectivity index (χ1) is 12.1. The Balaban J connectivity index is 1.74. The molecule has 0 fully saturated rings. The van der Waals surface area contributed by atoms with Crippen LogP contribution in [0.1, 0.15) is 30.1 Å². The van der Waals surface area contributed by atoms with Gasteiger partial charge in [0.15, 0.2) is 0 Å². The van der Waals surface area contributed by atoms with Gasteiger partial charge in [0.05, 0.1) is 24.1 Å². The minimum absolute atomic E-state index is 0.143. The van der Waals surface area contributed by atoms with E-state index in [0.717, 1.165) is 0 Å². The van der Waals surface area contributed by atoms with Crippen molar-refractivity contribution in [2.24, 2.45) is 0 Å². The molecule has 0 aliphatic carbocycles. The Morgan fingerprint density at radius 3 is 2.72 bits per heavy atom. The van der Waals surface area contributed by atoms with Gasteiger partial charge in [-0.05, 0) is 37.6 Å². The van der Waals surface area contributed by atoms with Gasteiger partial charge in [0, 0.05) is 13.0 Å². The molecule has 0 saturated carbocycles. The third-order valence-electron chi connectivity index (χ3n) is 3.37. The second-order valence-corrected chi connectivity index (χ2v) is 5.31. The number of benzene rings is 1. The molecule has 1 aromatic heterocycles. The van der Waals surface area contributed by atoms with Crippen molar-refractivity contribution in [2.75, 3.05) is 24.2 Å². The zero-order chi connectivity index (χ0) is 18.1. The summed E-state index contributed by atoms with van der Waals surface area (Å²) in [6.07, 6.45) is 2.31. The Morgan fingerprint density at radius 1 is 1.20 bits per heavy atom. The van der Waals surface area contributed by atoms with E-state index in [1.165, 1.54) is 6.20 Å². The van der Waals surface area contributed by atoms with Crippen LogP contribution in [0.3, 0.4) is 0 Å². The van der Waals surface area contributed by atoms with Crippen molar-refractivity contribution in [1.82, 2.24) is 10.3 Å². The van der Waals surface area contributed by atoms with E-state index >= 15 is 0 Å². The number of nitrogen functional groups attached to an aromatic ring is 1. The Bertz CT molecular complexity index is 717. The van der Waals surface area contributed by atoms with Crippen molar-refractivity contribution in [3.05, 3.63) is 48.2 Å². The highest BCUT2D eigenvalue weighted by molar-refractivity contribution is 5.97. The number of hydrogen-bond donors (Lipinski definition) is 3. The number of carbonyl (C=O) groups excluding carboxylic acids is 2. The molecule has 1 heterocycles. The molecule has 1 aromatic carbocycles. The number of carbonyl (C=O) groups is 2. The van der Waals surface area contributed by atoms with Crippen molar-refractivity contribution in [3.63, 3.8) is 0 Å². The van der Waals surface area contributed by atoms with E-state index in [0.29, 0.717) is 42.4 Å². The third kappa shape index (κ3) is 5.80. The minimum Gasteiger partial charge on any atom is -0.493 e. The zero-order valence-electron chi connectivity index (χ0n) is 14.1. The van der Waals surface area contributed by atoms with E-state index in [4.69, 9.17) is 10.5 Å². The first-order valence-corrected chi connectivity index (χ1v) is 8.11. The third-order valence-corrected chi connectivity index (χ3v) is 3.37. The van der Waals surface area contributed by atoms with Crippen molar-refractivity contribution < 1.29 is 14.3 Å². The van der Waals surface area contributed by atoms with Crippen LogP contribution in [0.5, 0.6) is 5.75 Å². The van der Waals surface area contributed by atoms with Gasteiger partial charge >= 0.3 is 0 Å². The second kappa shape index (κ2) is 9.27. The highest BCUT2D eigenvalue weighted by atomic mass is 16.5. The van der Waals surface area contributed by atoms with Gasteiger partial charge in [0.1, 0.15) is 11.6 Å². The Kier molecular flexibility index (Phi) is 6.76. The summed E-state index contributed by atoms with van der Waals surface area (Å²) in [6, 6.07) is 10.4. The molecule has 25 heavy (non-hydrogen) atoms. The van der Waals surface area contributed by atoms with Gasteiger partial charge < -0.3 is 21.1 Å². The maximum atomic E-state index is 12.2. The smallest absolute Gasteiger partial charge is 0.255 e. The summed E-state index contributed by atoms with van der Waals surface area (Å²) in [5.74, 6) is 0.590. The van der Waals surface area contributed by atoms with Crippen LogP contribution in [0.4, 0.5) is 11.5 Å². The van der Waals surface area contributed by atoms with E-state index in [1.807, 2.05) is 13.0 Å². The van der Waals surface area contributed by atoms with Crippen LogP contribution in [-0.2, 0) is 4.79 Å². The number of nitrogens with two attached hydrogens (primary N) is 1. The van der Waals surface area contributed by atoms with Gasteiger partial charge in [-0.3, -0.25) is 9.59 Å². The first-order valence-electron chi connectivity index (χ1n) is 8.11. The lowest BCUT2D eigenvalue weighted by molar-refractivity contribution is -0.116. The van der Waals surface area contributed by atoms with Crippen molar-refractivity contribution >= 4 is 23.3 Å². The molecule has 2 aromatic rings. The number of rotatable bonds is 8. The normalized spacial score (nSPS) is 10.1. The highest BCUT2D eigenvalue weighted by Gasteiger charge is 2.11. The summed E-state index contributed by atoms with van der Waals surface area (Å²) in [5, 5.41) is 5.52. The molecule has 0 unspecified atom stereocenters. The van der Waals surface area contributed by atoms with Crippen molar-refractivity contribution in [1.29, 1.82) is 0 Å². The summed E-state index contributed by atoms with van der Waals surface area (Å²) in [5.41, 5.74) is 6.57. The standard InChI is InChI=1S/C18H22N4O3/c1-2-25-15-7-4-3-6-14(15)18(24)20-11-5-8-17(23)22-13-9-10-16(19)21-12-13/h3-4,6-7,9-10,12H,2,5,8,11H2,1H3,(H2,19,21)(H,20,24)(H,22,23).